The van der Waals surface area contributed by atoms with E-state index in [4.69, 9.17) is 9.63 Å². The van der Waals surface area contributed by atoms with Gasteiger partial charge in [0.05, 0.1) is 10.9 Å². The van der Waals surface area contributed by atoms with Crippen LogP contribution < -0.4 is 5.32 Å². The van der Waals surface area contributed by atoms with Crippen LogP contribution in [0.15, 0.2) is 70.6 Å². The Morgan fingerprint density at radius 1 is 1.03 bits per heavy atom. The summed E-state index contributed by atoms with van der Waals surface area (Å²) in [7, 11) is 0. The van der Waals surface area contributed by atoms with E-state index in [0.717, 1.165) is 21.7 Å². The van der Waals surface area contributed by atoms with Crippen molar-refractivity contribution in [1.29, 1.82) is 0 Å². The van der Waals surface area contributed by atoms with Crippen LogP contribution in [-0.2, 0) is 4.79 Å². The summed E-state index contributed by atoms with van der Waals surface area (Å²) < 4.78 is 5.40. The lowest BCUT2D eigenvalue weighted by molar-refractivity contribution is -0.137. The number of carboxylic acids is 1. The van der Waals surface area contributed by atoms with E-state index in [1.165, 1.54) is 0 Å². The van der Waals surface area contributed by atoms with Crippen molar-refractivity contribution < 1.29 is 19.2 Å². The van der Waals surface area contributed by atoms with E-state index in [1.807, 2.05) is 41.8 Å². The molecule has 0 saturated carbocycles. The normalized spacial score (nSPS) is 12.0. The minimum atomic E-state index is -0.884. The summed E-state index contributed by atoms with van der Waals surface area (Å²) in [5.41, 5.74) is 3.51. The van der Waals surface area contributed by atoms with Gasteiger partial charge in [0.2, 0.25) is 5.82 Å². The Morgan fingerprint density at radius 3 is 2.40 bits per heavy atom. The van der Waals surface area contributed by atoms with Crippen LogP contribution in [0.2, 0.25) is 0 Å². The molecule has 4 aromatic rings. The number of carboxylic acid groups (broad SMARTS) is 1. The molecule has 0 aliphatic carbocycles. The molecule has 7 nitrogen and oxygen atoms in total. The molecule has 35 heavy (non-hydrogen) atoms. The highest BCUT2D eigenvalue weighted by Gasteiger charge is 2.17. The summed E-state index contributed by atoms with van der Waals surface area (Å²) in [5.74, 6) is 0.457. The maximum Gasteiger partial charge on any atom is 0.303 e. The van der Waals surface area contributed by atoms with Gasteiger partial charge in [-0.25, -0.2) is 0 Å². The lowest BCUT2D eigenvalue weighted by atomic mass is 9.94. The largest absolute Gasteiger partial charge is 0.481 e. The summed E-state index contributed by atoms with van der Waals surface area (Å²) in [6, 6.07) is 19.4. The van der Waals surface area contributed by atoms with Gasteiger partial charge in [-0.05, 0) is 53.6 Å². The van der Waals surface area contributed by atoms with Gasteiger partial charge in [-0.15, -0.1) is 11.3 Å². The van der Waals surface area contributed by atoms with Gasteiger partial charge in [0.1, 0.15) is 0 Å². The topological polar surface area (TPSA) is 105 Å². The van der Waals surface area contributed by atoms with Crippen molar-refractivity contribution in [2.45, 2.75) is 39.2 Å². The molecule has 1 unspecified atom stereocenters. The monoisotopic (exact) mass is 489 g/mol. The van der Waals surface area contributed by atoms with E-state index in [-0.39, 0.29) is 24.7 Å². The fraction of sp³-hybridized carbons (Fsp3) is 0.259. The fourth-order valence-electron chi connectivity index (χ4n) is 3.79. The molecule has 0 radical (unpaired) electrons. The highest BCUT2D eigenvalue weighted by molar-refractivity contribution is 7.13. The summed E-state index contributed by atoms with van der Waals surface area (Å²) >= 11 is 1.56. The second-order valence-electron chi connectivity index (χ2n) is 8.64. The number of thiophene rings is 1. The molecule has 0 aliphatic heterocycles. The first kappa shape index (κ1) is 24.3. The first-order chi connectivity index (χ1) is 16.9. The lowest BCUT2D eigenvalue weighted by Crippen LogP contribution is -2.16. The molecule has 2 N–H and O–H groups in total. The van der Waals surface area contributed by atoms with Crippen molar-refractivity contribution in [2.75, 3.05) is 5.32 Å². The van der Waals surface area contributed by atoms with Crippen LogP contribution in [0.5, 0.6) is 0 Å². The summed E-state index contributed by atoms with van der Waals surface area (Å²) in [5, 5.41) is 18.4. The zero-order valence-corrected chi connectivity index (χ0v) is 20.4. The van der Waals surface area contributed by atoms with Gasteiger partial charge < -0.3 is 14.9 Å². The van der Waals surface area contributed by atoms with Gasteiger partial charge in [0.25, 0.3) is 5.89 Å². The molecular formula is C27H27N3O4S. The predicted molar refractivity (Wildman–Crippen MR) is 137 cm³/mol. The van der Waals surface area contributed by atoms with Crippen LogP contribution in [0.1, 0.15) is 55.1 Å². The first-order valence-corrected chi connectivity index (χ1v) is 12.4. The van der Waals surface area contributed by atoms with E-state index in [1.54, 1.807) is 23.5 Å². The lowest BCUT2D eigenvalue weighted by Gasteiger charge is -2.24. The van der Waals surface area contributed by atoms with E-state index in [2.05, 4.69) is 41.4 Å². The van der Waals surface area contributed by atoms with Gasteiger partial charge in [0.15, 0.2) is 5.78 Å². The molecule has 2 aromatic heterocycles. The number of ketones is 1. The minimum absolute atomic E-state index is 0.00273. The number of anilines is 1. The Morgan fingerprint density at radius 2 is 1.77 bits per heavy atom. The first-order valence-electron chi connectivity index (χ1n) is 11.5. The third kappa shape index (κ3) is 6.22. The Kier molecular flexibility index (Phi) is 7.72. The second-order valence-corrected chi connectivity index (χ2v) is 9.58. The maximum atomic E-state index is 12.3. The molecule has 2 heterocycles. The third-order valence-corrected chi connectivity index (χ3v) is 6.53. The molecular weight excluding hydrogens is 462 g/mol. The number of hydrogen-bond acceptors (Lipinski definition) is 7. The molecule has 0 bridgehead atoms. The number of nitrogens with one attached hydrogen (secondary N) is 1. The van der Waals surface area contributed by atoms with Crippen LogP contribution in [0.4, 0.5) is 5.69 Å². The smallest absolute Gasteiger partial charge is 0.303 e. The predicted octanol–water partition coefficient (Wildman–Crippen LogP) is 6.71. The van der Waals surface area contributed by atoms with Crippen molar-refractivity contribution in [1.82, 2.24) is 10.1 Å². The molecule has 0 saturated heterocycles. The fourth-order valence-corrected chi connectivity index (χ4v) is 4.44. The molecule has 0 aliphatic rings. The van der Waals surface area contributed by atoms with E-state index < -0.39 is 5.97 Å². The van der Waals surface area contributed by atoms with E-state index in [0.29, 0.717) is 29.6 Å². The zero-order valence-electron chi connectivity index (χ0n) is 19.6. The third-order valence-electron chi connectivity index (χ3n) is 5.68. The van der Waals surface area contributed by atoms with Crippen molar-refractivity contribution in [2.24, 2.45) is 5.92 Å². The summed E-state index contributed by atoms with van der Waals surface area (Å²) in [4.78, 5) is 28.4. The SMILES string of the molecule is CC(C)C(Nc1ccc(C(=O)CCCC(=O)O)cc1)c1ccc(-c2noc(-c3cccs3)n2)cc1. The molecule has 1 atom stereocenters. The van der Waals surface area contributed by atoms with Crippen LogP contribution in [-0.4, -0.2) is 27.0 Å². The Balaban J connectivity index is 1.42. The summed E-state index contributed by atoms with van der Waals surface area (Å²) in [6.07, 6.45) is 0.580. The maximum absolute atomic E-state index is 12.3. The minimum Gasteiger partial charge on any atom is -0.481 e. The average Bonchev–Trinajstić information content (AvgIpc) is 3.55. The van der Waals surface area contributed by atoms with Crippen molar-refractivity contribution >= 4 is 28.8 Å². The number of carbonyl (C=O) groups is 2. The number of aromatic nitrogens is 2. The molecule has 0 spiro atoms. The number of benzene rings is 2. The van der Waals surface area contributed by atoms with E-state index >= 15 is 0 Å². The standard InChI is InChI=1S/C27H27N3O4S/c1-17(2)25(28-21-14-12-18(13-15-21)22(31)5-3-7-24(32)33)19-8-10-20(11-9-19)26-29-27(34-30-26)23-6-4-16-35-23/h4,6,8-17,25,28H,3,5,7H2,1-2H3,(H,32,33). The van der Waals surface area contributed by atoms with Gasteiger partial charge in [-0.2, -0.15) is 4.98 Å². The molecule has 0 fully saturated rings. The average molecular weight is 490 g/mol. The number of nitrogens with zero attached hydrogens (tertiary/aromatic N) is 2. The molecule has 8 heteroatoms. The van der Waals surface area contributed by atoms with Crippen molar-refractivity contribution in [3.63, 3.8) is 0 Å². The Labute approximate surface area is 207 Å². The molecule has 0 amide bonds. The number of aliphatic carboxylic acids is 1. The van der Waals surface area contributed by atoms with Gasteiger partial charge >= 0.3 is 5.97 Å². The van der Waals surface area contributed by atoms with E-state index in [9.17, 15) is 9.59 Å². The number of carbonyl (C=O) groups excluding carboxylic acids is 1. The van der Waals surface area contributed by atoms with Crippen LogP contribution in [0.25, 0.3) is 22.2 Å². The van der Waals surface area contributed by atoms with Gasteiger partial charge in [-0.1, -0.05) is 49.3 Å². The number of Topliss-reactive ketones (excluding diaryl/α,β-unsaturated/α-hetero) is 1. The molecule has 180 valence electrons. The number of hydrogen-bond donors (Lipinski definition) is 2. The Hall–Kier alpha value is -3.78. The van der Waals surface area contributed by atoms with Crippen molar-refractivity contribution in [3.8, 4) is 22.2 Å². The van der Waals surface area contributed by atoms with Crippen LogP contribution in [0.3, 0.4) is 0 Å². The van der Waals surface area contributed by atoms with Crippen LogP contribution >= 0.6 is 11.3 Å². The second kappa shape index (κ2) is 11.1. The molecule has 2 aromatic carbocycles. The Bertz CT molecular complexity index is 1260. The zero-order chi connectivity index (χ0) is 24.8. The highest BCUT2D eigenvalue weighted by Crippen LogP contribution is 2.30. The van der Waals surface area contributed by atoms with Crippen LogP contribution in [0, 0.1) is 5.92 Å². The van der Waals surface area contributed by atoms with Crippen molar-refractivity contribution in [3.05, 3.63) is 77.2 Å². The van der Waals surface area contributed by atoms with Gasteiger partial charge in [0, 0.05) is 29.7 Å². The highest BCUT2D eigenvalue weighted by atomic mass is 32.1. The molecule has 4 rings (SSSR count). The quantitative estimate of drug-likeness (QED) is 0.225. The number of rotatable bonds is 11. The summed E-state index contributed by atoms with van der Waals surface area (Å²) in [6.45, 7) is 4.30. The van der Waals surface area contributed by atoms with Gasteiger partial charge in [-0.3, -0.25) is 9.59 Å².